The fourth-order valence-electron chi connectivity index (χ4n) is 2.77. The Morgan fingerprint density at radius 2 is 2.07 bits per heavy atom. The molecule has 1 amide bonds. The van der Waals surface area contributed by atoms with Crippen LogP contribution in [0.2, 0.25) is 5.02 Å². The van der Waals surface area contributed by atoms with Gasteiger partial charge in [-0.2, -0.15) is 0 Å². The number of amides is 1. The van der Waals surface area contributed by atoms with Crippen LogP contribution in [0.15, 0.2) is 41.3 Å². The van der Waals surface area contributed by atoms with Crippen LogP contribution in [0.3, 0.4) is 0 Å². The second-order valence-corrected chi connectivity index (χ2v) is 8.31. The molecule has 1 aliphatic rings. The van der Waals surface area contributed by atoms with Gasteiger partial charge in [0, 0.05) is 23.4 Å². The van der Waals surface area contributed by atoms with Crippen LogP contribution >= 0.6 is 11.6 Å². The van der Waals surface area contributed by atoms with Crippen molar-refractivity contribution in [2.45, 2.75) is 17.4 Å². The van der Waals surface area contributed by atoms with Crippen molar-refractivity contribution in [1.82, 2.24) is 4.72 Å². The number of ether oxygens (including phenoxy) is 2. The molecule has 1 saturated heterocycles. The molecule has 10 heteroatoms. The van der Waals surface area contributed by atoms with E-state index in [0.29, 0.717) is 19.6 Å². The summed E-state index contributed by atoms with van der Waals surface area (Å²) in [7, 11) is -2.50. The predicted molar refractivity (Wildman–Crippen MR) is 102 cm³/mol. The zero-order valence-corrected chi connectivity index (χ0v) is 16.4. The van der Waals surface area contributed by atoms with Crippen LogP contribution in [0.4, 0.5) is 10.1 Å². The number of rotatable bonds is 6. The van der Waals surface area contributed by atoms with Gasteiger partial charge in [-0.15, -0.1) is 0 Å². The van der Waals surface area contributed by atoms with Crippen LogP contribution < -0.4 is 14.8 Å². The summed E-state index contributed by atoms with van der Waals surface area (Å²) in [6.45, 7) is 0.780. The average Bonchev–Trinajstić information content (AvgIpc) is 3.12. The summed E-state index contributed by atoms with van der Waals surface area (Å²) in [5.41, 5.74) is 0.111. The normalized spacial score (nSPS) is 16.8. The predicted octanol–water partition coefficient (Wildman–Crippen LogP) is 2.81. The number of sulfonamides is 1. The molecular formula is C18H18ClFN2O5S. The topological polar surface area (TPSA) is 93.7 Å². The van der Waals surface area contributed by atoms with Crippen molar-refractivity contribution >= 4 is 33.2 Å². The SMILES string of the molecule is COc1ccc(S(=O)(=O)N[C@H]2CCOC2)cc1C(=O)Nc1cc(F)cc(Cl)c1. The highest BCUT2D eigenvalue weighted by Gasteiger charge is 2.25. The van der Waals surface area contributed by atoms with Gasteiger partial charge in [0.2, 0.25) is 10.0 Å². The molecule has 1 fully saturated rings. The lowest BCUT2D eigenvalue weighted by Gasteiger charge is -2.14. The van der Waals surface area contributed by atoms with E-state index in [1.165, 1.54) is 31.4 Å². The summed E-state index contributed by atoms with van der Waals surface area (Å²) in [5, 5.41) is 2.60. The molecule has 0 spiro atoms. The molecule has 150 valence electrons. The van der Waals surface area contributed by atoms with Crippen LogP contribution in [0, 0.1) is 5.82 Å². The summed E-state index contributed by atoms with van der Waals surface area (Å²) in [5.74, 6) is -1.11. The lowest BCUT2D eigenvalue weighted by atomic mass is 10.2. The van der Waals surface area contributed by atoms with E-state index in [4.69, 9.17) is 21.1 Å². The first-order valence-electron chi connectivity index (χ1n) is 8.34. The minimum atomic E-state index is -3.86. The zero-order valence-electron chi connectivity index (χ0n) is 14.9. The van der Waals surface area contributed by atoms with E-state index in [1.54, 1.807) is 0 Å². The smallest absolute Gasteiger partial charge is 0.259 e. The van der Waals surface area contributed by atoms with Crippen molar-refractivity contribution in [3.05, 3.63) is 52.8 Å². The Balaban J connectivity index is 1.88. The molecule has 28 heavy (non-hydrogen) atoms. The number of methoxy groups -OCH3 is 1. The van der Waals surface area contributed by atoms with E-state index >= 15 is 0 Å². The molecular weight excluding hydrogens is 411 g/mol. The molecule has 0 saturated carbocycles. The molecule has 3 rings (SSSR count). The van der Waals surface area contributed by atoms with Gasteiger partial charge in [-0.05, 0) is 42.8 Å². The monoisotopic (exact) mass is 428 g/mol. The standard InChI is InChI=1S/C18H18ClFN2O5S/c1-26-17-3-2-15(28(24,25)22-13-4-5-27-10-13)9-16(17)18(23)21-14-7-11(19)6-12(20)8-14/h2-3,6-9,13,22H,4-5,10H2,1H3,(H,21,23)/t13-/m0/s1. The van der Waals surface area contributed by atoms with Crippen molar-refractivity contribution in [2.75, 3.05) is 25.6 Å². The second-order valence-electron chi connectivity index (χ2n) is 6.16. The van der Waals surface area contributed by atoms with Crippen molar-refractivity contribution in [3.8, 4) is 5.75 Å². The maximum atomic E-state index is 13.5. The van der Waals surface area contributed by atoms with E-state index in [1.807, 2.05) is 0 Å². The van der Waals surface area contributed by atoms with Crippen molar-refractivity contribution in [1.29, 1.82) is 0 Å². The fourth-order valence-corrected chi connectivity index (χ4v) is 4.27. The van der Waals surface area contributed by atoms with Crippen LogP contribution in [0.25, 0.3) is 0 Å². The quantitative estimate of drug-likeness (QED) is 0.737. The lowest BCUT2D eigenvalue weighted by Crippen LogP contribution is -2.35. The van der Waals surface area contributed by atoms with E-state index in [-0.39, 0.29) is 33.0 Å². The number of anilines is 1. The third-order valence-corrected chi connectivity index (χ3v) is 5.83. The molecule has 2 N–H and O–H groups in total. The molecule has 2 aromatic carbocycles. The maximum absolute atomic E-state index is 13.5. The maximum Gasteiger partial charge on any atom is 0.259 e. The summed E-state index contributed by atoms with van der Waals surface area (Å²) in [6.07, 6.45) is 0.572. The lowest BCUT2D eigenvalue weighted by molar-refractivity contribution is 0.102. The highest BCUT2D eigenvalue weighted by molar-refractivity contribution is 7.89. The highest BCUT2D eigenvalue weighted by Crippen LogP contribution is 2.25. The van der Waals surface area contributed by atoms with Gasteiger partial charge < -0.3 is 14.8 Å². The van der Waals surface area contributed by atoms with Gasteiger partial charge in [0.05, 0.1) is 24.2 Å². The minimum absolute atomic E-state index is 0.0200. The first kappa shape index (κ1) is 20.5. The Hall–Kier alpha value is -2.20. The van der Waals surface area contributed by atoms with Crippen LogP contribution in [0.1, 0.15) is 16.8 Å². The molecule has 1 atom stereocenters. The van der Waals surface area contributed by atoms with Gasteiger partial charge >= 0.3 is 0 Å². The molecule has 0 aliphatic carbocycles. The third-order valence-electron chi connectivity index (χ3n) is 4.10. The Morgan fingerprint density at radius 1 is 1.29 bits per heavy atom. The molecule has 0 aromatic heterocycles. The third kappa shape index (κ3) is 4.79. The number of carbonyl (C=O) groups is 1. The van der Waals surface area contributed by atoms with E-state index in [0.717, 1.165) is 12.1 Å². The molecule has 0 unspecified atom stereocenters. The number of halogens is 2. The largest absolute Gasteiger partial charge is 0.496 e. The van der Waals surface area contributed by atoms with E-state index in [9.17, 15) is 17.6 Å². The van der Waals surface area contributed by atoms with Gasteiger partial charge in [-0.3, -0.25) is 4.79 Å². The number of benzene rings is 2. The average molecular weight is 429 g/mol. The Morgan fingerprint density at radius 3 is 2.71 bits per heavy atom. The number of hydrogen-bond donors (Lipinski definition) is 2. The number of hydrogen-bond acceptors (Lipinski definition) is 5. The summed E-state index contributed by atoms with van der Waals surface area (Å²) >= 11 is 5.79. The van der Waals surface area contributed by atoms with E-state index in [2.05, 4.69) is 10.0 Å². The molecule has 0 bridgehead atoms. The van der Waals surface area contributed by atoms with Crippen LogP contribution in [0.5, 0.6) is 5.75 Å². The van der Waals surface area contributed by atoms with Crippen LogP contribution in [-0.4, -0.2) is 40.7 Å². The fraction of sp³-hybridized carbons (Fsp3) is 0.278. The van der Waals surface area contributed by atoms with E-state index < -0.39 is 21.7 Å². The summed E-state index contributed by atoms with van der Waals surface area (Å²) < 4.78 is 51.6. The molecule has 0 radical (unpaired) electrons. The van der Waals surface area contributed by atoms with Gasteiger partial charge in [-0.25, -0.2) is 17.5 Å². The van der Waals surface area contributed by atoms with Crippen LogP contribution in [-0.2, 0) is 14.8 Å². The Bertz CT molecular complexity index is 973. The van der Waals surface area contributed by atoms with Crippen molar-refractivity contribution < 1.29 is 27.1 Å². The van der Waals surface area contributed by atoms with Gasteiger partial charge in [0.1, 0.15) is 11.6 Å². The van der Waals surface area contributed by atoms with Gasteiger partial charge in [-0.1, -0.05) is 11.6 Å². The summed E-state index contributed by atoms with van der Waals surface area (Å²) in [6, 6.07) is 7.17. The Labute approximate surface area is 166 Å². The van der Waals surface area contributed by atoms with Gasteiger partial charge in [0.25, 0.3) is 5.91 Å². The number of nitrogens with one attached hydrogen (secondary N) is 2. The molecule has 7 nitrogen and oxygen atoms in total. The van der Waals surface area contributed by atoms with Gasteiger partial charge in [0.15, 0.2) is 0 Å². The van der Waals surface area contributed by atoms with Crippen molar-refractivity contribution in [3.63, 3.8) is 0 Å². The molecule has 2 aromatic rings. The number of carbonyl (C=O) groups excluding carboxylic acids is 1. The Kier molecular flexibility index (Phi) is 6.19. The highest BCUT2D eigenvalue weighted by atomic mass is 35.5. The molecule has 1 aliphatic heterocycles. The first-order valence-corrected chi connectivity index (χ1v) is 10.2. The van der Waals surface area contributed by atoms with Crippen molar-refractivity contribution in [2.24, 2.45) is 0 Å². The zero-order chi connectivity index (χ0) is 20.3. The molecule has 1 heterocycles. The first-order chi connectivity index (χ1) is 13.3. The minimum Gasteiger partial charge on any atom is -0.496 e. The second kappa shape index (κ2) is 8.44. The summed E-state index contributed by atoms with van der Waals surface area (Å²) in [4.78, 5) is 12.6.